The standard InChI is InChI=1S/C25H23FN4O4S2/c1-15-4-10-18(11-5-15)34-12-20-28-29-25(30(20)2)36-14-21(31)27-23-22(24(32)33-3)19(13-35-23)16-6-8-17(26)9-7-16/h4-11,13H,12,14H2,1-3H3,(H,27,31). The van der Waals surface area contributed by atoms with E-state index in [4.69, 9.17) is 9.47 Å². The van der Waals surface area contributed by atoms with Gasteiger partial charge < -0.3 is 19.4 Å². The third-order valence-electron chi connectivity index (χ3n) is 5.24. The molecule has 0 saturated heterocycles. The summed E-state index contributed by atoms with van der Waals surface area (Å²) >= 11 is 2.41. The normalized spacial score (nSPS) is 10.8. The Balaban J connectivity index is 1.39. The number of carbonyl (C=O) groups excluding carboxylic acids is 2. The molecule has 2 aromatic carbocycles. The number of rotatable bonds is 9. The summed E-state index contributed by atoms with van der Waals surface area (Å²) in [7, 11) is 3.07. The topological polar surface area (TPSA) is 95.3 Å². The fourth-order valence-corrected chi connectivity index (χ4v) is 4.97. The molecule has 4 aromatic rings. The number of thioether (sulfide) groups is 1. The van der Waals surface area contributed by atoms with Crippen LogP contribution in [-0.4, -0.2) is 39.5 Å². The van der Waals surface area contributed by atoms with Crippen LogP contribution >= 0.6 is 23.1 Å². The van der Waals surface area contributed by atoms with Gasteiger partial charge in [-0.05, 0) is 36.8 Å². The molecule has 0 radical (unpaired) electrons. The first kappa shape index (κ1) is 25.4. The van der Waals surface area contributed by atoms with Crippen molar-refractivity contribution >= 4 is 40.0 Å². The van der Waals surface area contributed by atoms with E-state index in [1.807, 2.05) is 31.2 Å². The molecule has 1 amide bonds. The Labute approximate surface area is 215 Å². The van der Waals surface area contributed by atoms with Crippen molar-refractivity contribution in [3.05, 3.63) is 76.7 Å². The third-order valence-corrected chi connectivity index (χ3v) is 7.15. The predicted octanol–water partition coefficient (Wildman–Crippen LogP) is 5.09. The summed E-state index contributed by atoms with van der Waals surface area (Å²) in [5.74, 6) is 0.106. The molecule has 0 fully saturated rings. The van der Waals surface area contributed by atoms with Crippen molar-refractivity contribution in [2.75, 3.05) is 18.2 Å². The number of aryl methyl sites for hydroxylation is 1. The molecular weight excluding hydrogens is 503 g/mol. The average Bonchev–Trinajstić information content (AvgIpc) is 3.45. The minimum atomic E-state index is -0.593. The van der Waals surface area contributed by atoms with Crippen molar-refractivity contribution in [3.63, 3.8) is 0 Å². The number of aromatic nitrogens is 3. The highest BCUT2D eigenvalue weighted by atomic mass is 32.2. The van der Waals surface area contributed by atoms with Crippen molar-refractivity contribution in [2.24, 2.45) is 7.05 Å². The summed E-state index contributed by atoms with van der Waals surface area (Å²) in [6, 6.07) is 13.5. The lowest BCUT2D eigenvalue weighted by atomic mass is 10.0. The lowest BCUT2D eigenvalue weighted by Gasteiger charge is -2.08. The van der Waals surface area contributed by atoms with Gasteiger partial charge in [-0.15, -0.1) is 21.5 Å². The smallest absolute Gasteiger partial charge is 0.341 e. The number of ether oxygens (including phenoxy) is 2. The summed E-state index contributed by atoms with van der Waals surface area (Å²) in [6.45, 7) is 2.24. The van der Waals surface area contributed by atoms with Crippen LogP contribution in [-0.2, 0) is 23.2 Å². The Hall–Kier alpha value is -3.70. The Morgan fingerprint density at radius 1 is 1.11 bits per heavy atom. The highest BCUT2D eigenvalue weighted by Gasteiger charge is 2.23. The molecule has 186 valence electrons. The second-order valence-electron chi connectivity index (χ2n) is 7.75. The van der Waals surface area contributed by atoms with Crippen molar-refractivity contribution in [2.45, 2.75) is 18.7 Å². The first-order chi connectivity index (χ1) is 17.4. The largest absolute Gasteiger partial charge is 0.486 e. The van der Waals surface area contributed by atoms with Crippen LogP contribution in [0.4, 0.5) is 9.39 Å². The third kappa shape index (κ3) is 5.92. The van der Waals surface area contributed by atoms with Crippen LogP contribution in [0, 0.1) is 12.7 Å². The minimum absolute atomic E-state index is 0.0508. The zero-order chi connectivity index (χ0) is 25.7. The zero-order valence-corrected chi connectivity index (χ0v) is 21.4. The molecule has 2 heterocycles. The molecule has 0 spiro atoms. The maximum atomic E-state index is 13.3. The number of nitrogens with zero attached hydrogens (tertiary/aromatic N) is 3. The van der Waals surface area contributed by atoms with Crippen molar-refractivity contribution in [1.82, 2.24) is 14.8 Å². The fourth-order valence-electron chi connectivity index (χ4n) is 3.27. The molecule has 11 heteroatoms. The molecule has 8 nitrogen and oxygen atoms in total. The number of benzene rings is 2. The van der Waals surface area contributed by atoms with Crippen LogP contribution in [0.15, 0.2) is 59.1 Å². The van der Waals surface area contributed by atoms with E-state index in [0.29, 0.717) is 27.1 Å². The number of thiophene rings is 1. The van der Waals surface area contributed by atoms with Crippen molar-refractivity contribution in [1.29, 1.82) is 0 Å². The van der Waals surface area contributed by atoms with Gasteiger partial charge in [0.15, 0.2) is 11.0 Å². The number of halogens is 1. The van der Waals surface area contributed by atoms with E-state index in [0.717, 1.165) is 11.3 Å². The van der Waals surface area contributed by atoms with Gasteiger partial charge in [-0.3, -0.25) is 4.79 Å². The Kier molecular flexibility index (Phi) is 8.01. The van der Waals surface area contributed by atoms with E-state index in [9.17, 15) is 14.0 Å². The van der Waals surface area contributed by atoms with Crippen LogP contribution in [0.2, 0.25) is 0 Å². The Bertz CT molecular complexity index is 1370. The van der Waals surface area contributed by atoms with Crippen molar-refractivity contribution < 1.29 is 23.5 Å². The monoisotopic (exact) mass is 526 g/mol. The summed E-state index contributed by atoms with van der Waals surface area (Å²) in [6.07, 6.45) is 0. The number of amides is 1. The Morgan fingerprint density at radius 3 is 2.53 bits per heavy atom. The van der Waals surface area contributed by atoms with Gasteiger partial charge >= 0.3 is 5.97 Å². The molecule has 0 atom stereocenters. The quantitative estimate of drug-likeness (QED) is 0.240. The number of esters is 1. The summed E-state index contributed by atoms with van der Waals surface area (Å²) in [5.41, 5.74) is 2.57. The van der Waals surface area contributed by atoms with Crippen LogP contribution in [0.25, 0.3) is 11.1 Å². The van der Waals surface area contributed by atoms with Crippen LogP contribution in [0.5, 0.6) is 5.75 Å². The van der Waals surface area contributed by atoms with E-state index < -0.39 is 5.97 Å². The van der Waals surface area contributed by atoms with E-state index in [1.54, 1.807) is 29.1 Å². The van der Waals surface area contributed by atoms with Gasteiger partial charge in [0, 0.05) is 18.0 Å². The first-order valence-corrected chi connectivity index (χ1v) is 12.7. The molecule has 0 aliphatic carbocycles. The highest BCUT2D eigenvalue weighted by Crippen LogP contribution is 2.36. The molecule has 0 aliphatic heterocycles. The lowest BCUT2D eigenvalue weighted by Crippen LogP contribution is -2.16. The number of nitrogens with one attached hydrogen (secondary N) is 1. The van der Waals surface area contributed by atoms with E-state index in [2.05, 4.69) is 15.5 Å². The maximum Gasteiger partial charge on any atom is 0.341 e. The van der Waals surface area contributed by atoms with Gasteiger partial charge in [0.1, 0.15) is 28.7 Å². The average molecular weight is 527 g/mol. The number of carbonyl (C=O) groups is 2. The molecule has 1 N–H and O–H groups in total. The molecule has 2 aromatic heterocycles. The zero-order valence-electron chi connectivity index (χ0n) is 19.8. The molecular formula is C25H23FN4O4S2. The van der Waals surface area contributed by atoms with Gasteiger partial charge in [0.05, 0.1) is 12.9 Å². The second kappa shape index (κ2) is 11.4. The van der Waals surface area contributed by atoms with Gasteiger partial charge in [-0.25, -0.2) is 9.18 Å². The SMILES string of the molecule is COC(=O)c1c(-c2ccc(F)cc2)csc1NC(=O)CSc1nnc(COc2ccc(C)cc2)n1C. The van der Waals surface area contributed by atoms with Crippen molar-refractivity contribution in [3.8, 4) is 16.9 Å². The van der Waals surface area contributed by atoms with E-state index in [-0.39, 0.29) is 29.6 Å². The number of hydrogen-bond acceptors (Lipinski definition) is 8. The van der Waals surface area contributed by atoms with E-state index >= 15 is 0 Å². The summed E-state index contributed by atoms with van der Waals surface area (Å²) < 4.78 is 25.8. The number of methoxy groups -OCH3 is 1. The molecule has 0 saturated carbocycles. The van der Waals surface area contributed by atoms with Crippen LogP contribution in [0.3, 0.4) is 0 Å². The predicted molar refractivity (Wildman–Crippen MR) is 137 cm³/mol. The highest BCUT2D eigenvalue weighted by molar-refractivity contribution is 7.99. The number of hydrogen-bond donors (Lipinski definition) is 1. The van der Waals surface area contributed by atoms with Gasteiger partial charge in [-0.2, -0.15) is 0 Å². The number of anilines is 1. The fraction of sp³-hybridized carbons (Fsp3) is 0.200. The maximum absolute atomic E-state index is 13.3. The van der Waals surface area contributed by atoms with Gasteiger partial charge in [0.2, 0.25) is 5.91 Å². The van der Waals surface area contributed by atoms with E-state index in [1.165, 1.54) is 42.3 Å². The van der Waals surface area contributed by atoms with Gasteiger partial charge in [0.25, 0.3) is 0 Å². The Morgan fingerprint density at radius 2 is 1.83 bits per heavy atom. The van der Waals surface area contributed by atoms with Crippen LogP contribution < -0.4 is 10.1 Å². The second-order valence-corrected chi connectivity index (χ2v) is 9.57. The molecule has 4 rings (SSSR count). The minimum Gasteiger partial charge on any atom is -0.486 e. The molecule has 0 bridgehead atoms. The molecule has 36 heavy (non-hydrogen) atoms. The molecule has 0 aliphatic rings. The first-order valence-electron chi connectivity index (χ1n) is 10.8. The van der Waals surface area contributed by atoms with Gasteiger partial charge in [-0.1, -0.05) is 41.6 Å². The summed E-state index contributed by atoms with van der Waals surface area (Å²) in [4.78, 5) is 25.2. The molecule has 0 unspecified atom stereocenters. The lowest BCUT2D eigenvalue weighted by molar-refractivity contribution is -0.113. The summed E-state index contributed by atoms with van der Waals surface area (Å²) in [5, 5.41) is 13.7. The van der Waals surface area contributed by atoms with Crippen LogP contribution in [0.1, 0.15) is 21.7 Å².